The Kier molecular flexibility index (Phi) is 7.05. The van der Waals surface area contributed by atoms with Crippen LogP contribution in [0.1, 0.15) is 29.0 Å². The summed E-state index contributed by atoms with van der Waals surface area (Å²) in [6, 6.07) is 14.0. The van der Waals surface area contributed by atoms with Crippen molar-refractivity contribution in [3.05, 3.63) is 64.2 Å². The number of fused-ring (bicyclic) bond motifs is 1. The minimum Gasteiger partial charge on any atom is -0.492 e. The van der Waals surface area contributed by atoms with E-state index in [4.69, 9.17) is 22.1 Å². The van der Waals surface area contributed by atoms with Crippen LogP contribution < -0.4 is 15.2 Å². The zero-order valence-electron chi connectivity index (χ0n) is 18.1. The highest BCUT2D eigenvalue weighted by atomic mass is 35.5. The van der Waals surface area contributed by atoms with Crippen molar-refractivity contribution in [3.8, 4) is 5.75 Å². The molecule has 0 spiro atoms. The fourth-order valence-corrected chi connectivity index (χ4v) is 5.75. The predicted octanol–water partition coefficient (Wildman–Crippen LogP) is 2.54. The molecule has 1 heterocycles. The molecule has 9 heteroatoms. The van der Waals surface area contributed by atoms with Gasteiger partial charge >= 0.3 is 0 Å². The highest BCUT2D eigenvalue weighted by Gasteiger charge is 2.29. The Hall–Kier alpha value is -2.13. The van der Waals surface area contributed by atoms with Gasteiger partial charge in [-0.1, -0.05) is 35.9 Å². The molecule has 3 N–H and O–H groups in total. The summed E-state index contributed by atoms with van der Waals surface area (Å²) in [6.45, 7) is 0.781. The van der Waals surface area contributed by atoms with Crippen molar-refractivity contribution < 1.29 is 13.2 Å². The Morgan fingerprint density at radius 3 is 2.84 bits per heavy atom. The normalized spacial score (nSPS) is 22.7. The maximum Gasteiger partial charge on any atom is 0.221 e. The molecule has 2 aliphatic rings. The minimum absolute atomic E-state index is 0.0482. The average molecular weight is 477 g/mol. The van der Waals surface area contributed by atoms with E-state index in [9.17, 15) is 8.42 Å². The van der Waals surface area contributed by atoms with E-state index in [0.717, 1.165) is 29.8 Å². The van der Waals surface area contributed by atoms with Crippen molar-refractivity contribution in [3.63, 3.8) is 0 Å². The summed E-state index contributed by atoms with van der Waals surface area (Å²) in [6.07, 6.45) is 4.10. The van der Waals surface area contributed by atoms with E-state index in [1.54, 1.807) is 12.1 Å². The van der Waals surface area contributed by atoms with E-state index in [1.807, 2.05) is 36.4 Å². The number of rotatable bonds is 8. The number of aryl methyl sites for hydroxylation is 1. The highest BCUT2D eigenvalue weighted by Crippen LogP contribution is 2.36. The summed E-state index contributed by atoms with van der Waals surface area (Å²) in [5.41, 5.74) is 10.1. The molecule has 32 heavy (non-hydrogen) atoms. The van der Waals surface area contributed by atoms with E-state index in [1.165, 1.54) is 17.3 Å². The summed E-state index contributed by atoms with van der Waals surface area (Å²) >= 11 is 6.39. The van der Waals surface area contributed by atoms with Gasteiger partial charge in [0.15, 0.2) is 0 Å². The molecule has 0 fully saturated rings. The van der Waals surface area contributed by atoms with Crippen molar-refractivity contribution in [2.45, 2.75) is 36.5 Å². The second kappa shape index (κ2) is 9.79. The summed E-state index contributed by atoms with van der Waals surface area (Å²) in [5.74, 6) is 0.864. The van der Waals surface area contributed by atoms with Crippen LogP contribution in [0.5, 0.6) is 5.75 Å². The smallest absolute Gasteiger partial charge is 0.221 e. The molecule has 4 rings (SSSR count). The van der Waals surface area contributed by atoms with E-state index < -0.39 is 15.3 Å². The number of hydrogen-bond acceptors (Lipinski definition) is 6. The first-order valence-electron chi connectivity index (χ1n) is 10.8. The van der Waals surface area contributed by atoms with Crippen LogP contribution in [0.3, 0.4) is 0 Å². The van der Waals surface area contributed by atoms with E-state index in [2.05, 4.69) is 15.9 Å². The molecule has 0 bridgehead atoms. The fraction of sp³-hybridized carbons (Fsp3) is 0.435. The van der Waals surface area contributed by atoms with Crippen LogP contribution in [0.2, 0.25) is 5.02 Å². The van der Waals surface area contributed by atoms with E-state index in [0.29, 0.717) is 12.3 Å². The van der Waals surface area contributed by atoms with Gasteiger partial charge in [-0.05, 0) is 54.2 Å². The molecule has 2 aromatic rings. The average Bonchev–Trinajstić information content (AvgIpc) is 3.22. The second-order valence-electron chi connectivity index (χ2n) is 8.40. The lowest BCUT2D eigenvalue weighted by atomic mass is 9.76. The lowest BCUT2D eigenvalue weighted by molar-refractivity contribution is 0.321. The monoisotopic (exact) mass is 476 g/mol. The maximum absolute atomic E-state index is 12.4. The number of benzene rings is 2. The first-order valence-corrected chi connectivity index (χ1v) is 12.7. The SMILES string of the molecule is CN1CC(S(=O)(=O)NCCOc2ccc3c(c2)C(Cc2ccccc2Cl)C(N)CC3)C=N1. The van der Waals surface area contributed by atoms with Crippen molar-refractivity contribution in [1.29, 1.82) is 0 Å². The first kappa shape index (κ1) is 23.0. The number of hydrazone groups is 1. The quantitative estimate of drug-likeness (QED) is 0.570. The van der Waals surface area contributed by atoms with Gasteiger partial charge in [-0.15, -0.1) is 0 Å². The van der Waals surface area contributed by atoms with Gasteiger partial charge in [0.1, 0.15) is 17.6 Å². The number of hydrogen-bond donors (Lipinski definition) is 2. The largest absolute Gasteiger partial charge is 0.492 e. The van der Waals surface area contributed by atoms with Crippen LogP contribution in [0.15, 0.2) is 47.6 Å². The molecule has 172 valence electrons. The molecule has 1 aliphatic heterocycles. The Bertz CT molecular complexity index is 1090. The zero-order chi connectivity index (χ0) is 22.7. The summed E-state index contributed by atoms with van der Waals surface area (Å²) in [7, 11) is -1.72. The lowest BCUT2D eigenvalue weighted by Crippen LogP contribution is -2.39. The molecule has 3 atom stereocenters. The van der Waals surface area contributed by atoms with Crippen LogP contribution in [0.25, 0.3) is 0 Å². The summed E-state index contributed by atoms with van der Waals surface area (Å²) in [5, 5.41) is 5.72. The van der Waals surface area contributed by atoms with Gasteiger partial charge in [-0.3, -0.25) is 5.01 Å². The van der Waals surface area contributed by atoms with Crippen molar-refractivity contribution >= 4 is 27.8 Å². The zero-order valence-corrected chi connectivity index (χ0v) is 19.6. The van der Waals surface area contributed by atoms with Crippen LogP contribution in [0.4, 0.5) is 0 Å². The molecule has 1 aliphatic carbocycles. The maximum atomic E-state index is 12.4. The van der Waals surface area contributed by atoms with Gasteiger partial charge in [0, 0.05) is 36.8 Å². The van der Waals surface area contributed by atoms with Gasteiger partial charge in [0.05, 0.1) is 6.54 Å². The third-order valence-corrected chi connectivity index (χ3v) is 8.17. The van der Waals surface area contributed by atoms with Crippen molar-refractivity contribution in [1.82, 2.24) is 9.73 Å². The molecule has 0 saturated heterocycles. The van der Waals surface area contributed by atoms with Gasteiger partial charge in [0.2, 0.25) is 10.0 Å². The number of sulfonamides is 1. The second-order valence-corrected chi connectivity index (χ2v) is 10.8. The molecule has 2 aromatic carbocycles. The van der Waals surface area contributed by atoms with Crippen LogP contribution in [-0.4, -0.2) is 57.7 Å². The number of nitrogens with one attached hydrogen (secondary N) is 1. The molecule has 0 radical (unpaired) electrons. The Labute approximate surface area is 194 Å². The standard InChI is InChI=1S/C23H29ClN4O3S/c1-28-15-19(14-26-28)32(29,30)27-10-11-31-18-8-6-16-7-9-23(25)21(20(16)13-18)12-17-4-2-3-5-22(17)24/h2-6,8,13-14,19,21,23,27H,7,9-12,15,25H2,1H3. The number of ether oxygens (including phenoxy) is 1. The third kappa shape index (κ3) is 5.26. The van der Waals surface area contributed by atoms with Gasteiger partial charge in [0.25, 0.3) is 0 Å². The Balaban J connectivity index is 1.40. The highest BCUT2D eigenvalue weighted by molar-refractivity contribution is 7.90. The van der Waals surface area contributed by atoms with Gasteiger partial charge in [-0.2, -0.15) is 5.10 Å². The summed E-state index contributed by atoms with van der Waals surface area (Å²) < 4.78 is 33.2. The molecule has 0 amide bonds. The molecule has 0 aromatic heterocycles. The Morgan fingerprint density at radius 2 is 2.09 bits per heavy atom. The fourth-order valence-electron chi connectivity index (χ4n) is 4.33. The van der Waals surface area contributed by atoms with Crippen LogP contribution >= 0.6 is 11.6 Å². The third-order valence-electron chi connectivity index (χ3n) is 6.13. The Morgan fingerprint density at radius 1 is 1.28 bits per heavy atom. The lowest BCUT2D eigenvalue weighted by Gasteiger charge is -2.32. The first-order chi connectivity index (χ1) is 15.3. The van der Waals surface area contributed by atoms with Crippen molar-refractivity contribution in [2.75, 3.05) is 26.7 Å². The number of nitrogens with zero attached hydrogens (tertiary/aromatic N) is 2. The van der Waals surface area contributed by atoms with Crippen LogP contribution in [0, 0.1) is 0 Å². The topological polar surface area (TPSA) is 97.0 Å². The van der Waals surface area contributed by atoms with Gasteiger partial charge < -0.3 is 10.5 Å². The predicted molar refractivity (Wildman–Crippen MR) is 128 cm³/mol. The minimum atomic E-state index is -3.47. The molecule has 3 unspecified atom stereocenters. The summed E-state index contributed by atoms with van der Waals surface area (Å²) in [4.78, 5) is 0. The number of nitrogens with two attached hydrogens (primary N) is 1. The van der Waals surface area contributed by atoms with Crippen molar-refractivity contribution in [2.24, 2.45) is 10.8 Å². The van der Waals surface area contributed by atoms with Gasteiger partial charge in [-0.25, -0.2) is 13.1 Å². The molecule has 7 nitrogen and oxygen atoms in total. The van der Waals surface area contributed by atoms with E-state index in [-0.39, 0.29) is 25.1 Å². The van der Waals surface area contributed by atoms with Crippen LogP contribution in [-0.2, 0) is 22.9 Å². The van der Waals surface area contributed by atoms with E-state index >= 15 is 0 Å². The molecular weight excluding hydrogens is 448 g/mol. The molecular formula is C23H29ClN4O3S. The number of halogens is 1. The molecule has 0 saturated carbocycles.